The number of nitrogens with one attached hydrogen (secondary N) is 1. The van der Waals surface area contributed by atoms with Gasteiger partial charge in [-0.1, -0.05) is 6.07 Å². The predicted octanol–water partition coefficient (Wildman–Crippen LogP) is 2.28. The lowest BCUT2D eigenvalue weighted by Crippen LogP contribution is -2.17. The monoisotopic (exact) mass is 334 g/mol. The number of aryl methyl sites for hydroxylation is 1. The van der Waals surface area contributed by atoms with Crippen molar-refractivity contribution in [2.45, 2.75) is 11.9 Å². The Kier molecular flexibility index (Phi) is 4.04. The molecule has 0 aliphatic rings. The van der Waals surface area contributed by atoms with Gasteiger partial charge in [0.1, 0.15) is 16.5 Å². The Balaban J connectivity index is 1.74. The summed E-state index contributed by atoms with van der Waals surface area (Å²) in [4.78, 5) is 13.5. The average Bonchev–Trinajstić information content (AvgIpc) is 2.96. The molecule has 8 heteroatoms. The summed E-state index contributed by atoms with van der Waals surface area (Å²) in [6.07, 6.45) is 1.48. The molecule has 0 spiro atoms. The smallest absolute Gasteiger partial charge is 0.197 e. The van der Waals surface area contributed by atoms with Crippen LogP contribution < -0.4 is 5.32 Å². The Labute approximate surface area is 132 Å². The van der Waals surface area contributed by atoms with Crippen molar-refractivity contribution in [1.29, 1.82) is 0 Å². The standard InChI is InChI=1S/C14H14N4O2S2/c1-10-17-13(11-5-8-21-14(11)18-10)16-7-9-22(19,20)12-4-2-3-6-15-12/h2-6,8H,7,9H2,1H3,(H,16,17,18). The number of fused-ring (bicyclic) bond motifs is 1. The lowest BCUT2D eigenvalue weighted by atomic mass is 10.3. The van der Waals surface area contributed by atoms with Crippen LogP contribution in [0.5, 0.6) is 0 Å². The van der Waals surface area contributed by atoms with Crippen LogP contribution in [-0.4, -0.2) is 35.7 Å². The summed E-state index contributed by atoms with van der Waals surface area (Å²) in [5.41, 5.74) is 0. The minimum absolute atomic E-state index is 0.0430. The van der Waals surface area contributed by atoms with Crippen LogP contribution in [0.4, 0.5) is 5.82 Å². The first-order valence-electron chi connectivity index (χ1n) is 6.66. The Morgan fingerprint density at radius 2 is 2.09 bits per heavy atom. The van der Waals surface area contributed by atoms with Crippen molar-refractivity contribution in [3.8, 4) is 0 Å². The molecular weight excluding hydrogens is 320 g/mol. The number of sulfone groups is 1. The average molecular weight is 334 g/mol. The number of hydrogen-bond acceptors (Lipinski definition) is 7. The second-order valence-corrected chi connectivity index (χ2v) is 7.62. The molecule has 0 bridgehead atoms. The third kappa shape index (κ3) is 3.07. The van der Waals surface area contributed by atoms with Crippen molar-refractivity contribution in [2.24, 2.45) is 0 Å². The number of pyridine rings is 1. The zero-order chi connectivity index (χ0) is 15.6. The quantitative estimate of drug-likeness (QED) is 0.770. The maximum Gasteiger partial charge on any atom is 0.197 e. The fraction of sp³-hybridized carbons (Fsp3) is 0.214. The van der Waals surface area contributed by atoms with E-state index in [1.807, 2.05) is 18.4 Å². The highest BCUT2D eigenvalue weighted by atomic mass is 32.2. The maximum atomic E-state index is 12.2. The fourth-order valence-corrected chi connectivity index (χ4v) is 3.93. The first-order chi connectivity index (χ1) is 10.6. The van der Waals surface area contributed by atoms with Crippen molar-refractivity contribution in [3.05, 3.63) is 41.7 Å². The molecule has 0 saturated heterocycles. The number of rotatable bonds is 5. The van der Waals surface area contributed by atoms with Crippen LogP contribution >= 0.6 is 11.3 Å². The maximum absolute atomic E-state index is 12.2. The minimum atomic E-state index is -3.39. The third-order valence-corrected chi connectivity index (χ3v) is 5.48. The van der Waals surface area contributed by atoms with E-state index in [2.05, 4.69) is 20.3 Å². The van der Waals surface area contributed by atoms with Gasteiger partial charge in [0, 0.05) is 12.7 Å². The summed E-state index contributed by atoms with van der Waals surface area (Å²) in [5.74, 6) is 1.28. The summed E-state index contributed by atoms with van der Waals surface area (Å²) in [5, 5.41) is 6.03. The molecular formula is C14H14N4O2S2. The molecule has 1 N–H and O–H groups in total. The van der Waals surface area contributed by atoms with Crippen molar-refractivity contribution < 1.29 is 8.42 Å². The van der Waals surface area contributed by atoms with Gasteiger partial charge < -0.3 is 5.32 Å². The van der Waals surface area contributed by atoms with Gasteiger partial charge in [-0.3, -0.25) is 0 Å². The van der Waals surface area contributed by atoms with Gasteiger partial charge >= 0.3 is 0 Å². The van der Waals surface area contributed by atoms with Gasteiger partial charge in [0.2, 0.25) is 0 Å². The van der Waals surface area contributed by atoms with Crippen LogP contribution in [0, 0.1) is 6.92 Å². The topological polar surface area (TPSA) is 84.8 Å². The summed E-state index contributed by atoms with van der Waals surface area (Å²) >= 11 is 1.53. The number of anilines is 1. The molecule has 3 heterocycles. The van der Waals surface area contributed by atoms with E-state index in [4.69, 9.17) is 0 Å². The van der Waals surface area contributed by atoms with Crippen molar-refractivity contribution in [1.82, 2.24) is 15.0 Å². The van der Waals surface area contributed by atoms with E-state index >= 15 is 0 Å². The van der Waals surface area contributed by atoms with E-state index in [1.54, 1.807) is 12.1 Å². The summed E-state index contributed by atoms with van der Waals surface area (Å²) in [6, 6.07) is 6.78. The Morgan fingerprint density at radius 3 is 2.86 bits per heavy atom. The van der Waals surface area contributed by atoms with Gasteiger partial charge in [-0.05, 0) is 30.5 Å². The highest BCUT2D eigenvalue weighted by molar-refractivity contribution is 7.91. The summed E-state index contributed by atoms with van der Waals surface area (Å²) < 4.78 is 24.3. The zero-order valence-corrected chi connectivity index (χ0v) is 13.5. The molecule has 3 aromatic rings. The molecule has 0 saturated carbocycles. The van der Waals surface area contributed by atoms with Gasteiger partial charge in [-0.2, -0.15) is 0 Å². The van der Waals surface area contributed by atoms with E-state index < -0.39 is 9.84 Å². The molecule has 0 radical (unpaired) electrons. The number of hydrogen-bond donors (Lipinski definition) is 1. The zero-order valence-electron chi connectivity index (χ0n) is 11.9. The number of thiophene rings is 1. The number of aromatic nitrogens is 3. The Hall–Kier alpha value is -2.06. The van der Waals surface area contributed by atoms with Gasteiger partial charge in [-0.25, -0.2) is 23.4 Å². The fourth-order valence-electron chi connectivity index (χ4n) is 2.04. The molecule has 6 nitrogen and oxygen atoms in total. The molecule has 0 aliphatic carbocycles. The normalized spacial score (nSPS) is 11.7. The first kappa shape index (κ1) is 14.9. The van der Waals surface area contributed by atoms with Gasteiger partial charge in [-0.15, -0.1) is 11.3 Å². The molecule has 0 aliphatic heterocycles. The first-order valence-corrected chi connectivity index (χ1v) is 9.19. The van der Waals surface area contributed by atoms with Gasteiger partial charge in [0.25, 0.3) is 0 Å². The van der Waals surface area contributed by atoms with Gasteiger partial charge in [0.15, 0.2) is 14.9 Å². The van der Waals surface area contributed by atoms with Crippen LogP contribution in [0.3, 0.4) is 0 Å². The van der Waals surface area contributed by atoms with Crippen molar-refractivity contribution in [3.63, 3.8) is 0 Å². The third-order valence-electron chi connectivity index (χ3n) is 3.06. The summed E-state index contributed by atoms with van der Waals surface area (Å²) in [6.45, 7) is 2.08. The van der Waals surface area contributed by atoms with Crippen molar-refractivity contribution >= 4 is 37.2 Å². The van der Waals surface area contributed by atoms with Crippen LogP contribution in [-0.2, 0) is 9.84 Å². The number of nitrogens with zero attached hydrogens (tertiary/aromatic N) is 3. The van der Waals surface area contributed by atoms with E-state index in [1.165, 1.54) is 23.6 Å². The highest BCUT2D eigenvalue weighted by Crippen LogP contribution is 2.24. The minimum Gasteiger partial charge on any atom is -0.368 e. The highest BCUT2D eigenvalue weighted by Gasteiger charge is 2.15. The Bertz CT molecular complexity index is 892. The van der Waals surface area contributed by atoms with Gasteiger partial charge in [0.05, 0.1) is 11.1 Å². The molecule has 0 amide bonds. The van der Waals surface area contributed by atoms with E-state index in [9.17, 15) is 8.42 Å². The Morgan fingerprint density at radius 1 is 1.23 bits per heavy atom. The second kappa shape index (κ2) is 5.98. The van der Waals surface area contributed by atoms with E-state index in [0.717, 1.165) is 10.2 Å². The molecule has 0 aromatic carbocycles. The van der Waals surface area contributed by atoms with Crippen LogP contribution in [0.25, 0.3) is 10.2 Å². The van der Waals surface area contributed by atoms with Crippen LogP contribution in [0.1, 0.15) is 5.82 Å². The van der Waals surface area contributed by atoms with E-state index in [-0.39, 0.29) is 17.3 Å². The molecule has 22 heavy (non-hydrogen) atoms. The predicted molar refractivity (Wildman–Crippen MR) is 86.9 cm³/mol. The van der Waals surface area contributed by atoms with Crippen LogP contribution in [0.15, 0.2) is 40.9 Å². The molecule has 0 unspecified atom stereocenters. The van der Waals surface area contributed by atoms with Crippen LogP contribution in [0.2, 0.25) is 0 Å². The SMILES string of the molecule is Cc1nc(NCCS(=O)(=O)c2ccccn2)c2ccsc2n1. The molecule has 0 fully saturated rings. The molecule has 3 rings (SSSR count). The largest absolute Gasteiger partial charge is 0.368 e. The molecule has 114 valence electrons. The molecule has 0 atom stereocenters. The lowest BCUT2D eigenvalue weighted by Gasteiger charge is -2.08. The lowest BCUT2D eigenvalue weighted by molar-refractivity contribution is 0.592. The second-order valence-electron chi connectivity index (χ2n) is 4.67. The van der Waals surface area contributed by atoms with E-state index in [0.29, 0.717) is 11.6 Å². The van der Waals surface area contributed by atoms with Crippen molar-refractivity contribution in [2.75, 3.05) is 17.6 Å². The summed E-state index contributed by atoms with van der Waals surface area (Å²) in [7, 11) is -3.39. The molecule has 3 aromatic heterocycles.